The number of benzene rings is 3. The molecule has 0 aliphatic heterocycles. The lowest BCUT2D eigenvalue weighted by Crippen LogP contribution is -2.00. The minimum Gasteiger partial charge on any atom is -0.507 e. The van der Waals surface area contributed by atoms with Crippen LogP contribution in [0.1, 0.15) is 11.1 Å². The van der Waals surface area contributed by atoms with Gasteiger partial charge in [0.15, 0.2) is 0 Å². The van der Waals surface area contributed by atoms with Crippen molar-refractivity contribution in [2.24, 2.45) is 24.3 Å². The van der Waals surface area contributed by atoms with Crippen molar-refractivity contribution in [1.82, 2.24) is 19.1 Å². The molecule has 0 unspecified atom stereocenters. The molecule has 0 aliphatic rings. The average Bonchev–Trinajstić information content (AvgIpc) is 3.33. The number of aromatic hydroxyl groups is 1. The third-order valence-corrected chi connectivity index (χ3v) is 5.90. The summed E-state index contributed by atoms with van der Waals surface area (Å²) >= 11 is 3.48. The van der Waals surface area contributed by atoms with E-state index in [0.29, 0.717) is 23.0 Å². The summed E-state index contributed by atoms with van der Waals surface area (Å²) in [5.74, 6) is 1.25. The minimum atomic E-state index is 0.0503. The molecular weight excluding hydrogens is 496 g/mol. The van der Waals surface area contributed by atoms with E-state index in [1.165, 1.54) is 12.4 Å². The summed E-state index contributed by atoms with van der Waals surface area (Å²) in [6.07, 6.45) is 3.07. The zero-order chi connectivity index (χ0) is 23.7. The molecule has 0 atom stereocenters. The van der Waals surface area contributed by atoms with Crippen molar-refractivity contribution in [3.63, 3.8) is 0 Å². The Labute approximate surface area is 203 Å². The molecule has 0 bridgehead atoms. The van der Waals surface area contributed by atoms with Crippen molar-refractivity contribution >= 4 is 62.3 Å². The monoisotopic (exact) mass is 516 g/mol. The summed E-state index contributed by atoms with van der Waals surface area (Å²) in [7, 11) is 3.83. The van der Waals surface area contributed by atoms with Gasteiger partial charge in [0.1, 0.15) is 5.75 Å². The van der Waals surface area contributed by atoms with E-state index < -0.39 is 0 Å². The summed E-state index contributed by atoms with van der Waals surface area (Å²) in [4.78, 5) is 9.04. The molecule has 0 saturated carbocycles. The molecule has 2 aromatic heterocycles. The summed E-state index contributed by atoms with van der Waals surface area (Å²) in [6, 6.07) is 19.2. The molecule has 0 saturated heterocycles. The molecule has 5 rings (SSSR count). The molecule has 9 nitrogen and oxygen atoms in total. The number of fused-ring (bicyclic) bond motifs is 2. The van der Waals surface area contributed by atoms with Crippen LogP contribution >= 0.6 is 15.9 Å². The number of hydrogen-bond acceptors (Lipinski definition) is 7. The molecule has 2 heterocycles. The lowest BCUT2D eigenvalue weighted by molar-refractivity contribution is 0.473. The van der Waals surface area contributed by atoms with Crippen molar-refractivity contribution in [2.45, 2.75) is 0 Å². The van der Waals surface area contributed by atoms with E-state index in [0.717, 1.165) is 26.5 Å². The van der Waals surface area contributed by atoms with Gasteiger partial charge in [-0.05, 0) is 36.4 Å². The molecule has 0 amide bonds. The number of imidazole rings is 2. The molecule has 0 spiro atoms. The van der Waals surface area contributed by atoms with E-state index in [4.69, 9.17) is 0 Å². The van der Waals surface area contributed by atoms with Crippen molar-refractivity contribution in [1.29, 1.82) is 0 Å². The van der Waals surface area contributed by atoms with Crippen molar-refractivity contribution < 1.29 is 5.11 Å². The first-order valence-electron chi connectivity index (χ1n) is 10.4. The minimum absolute atomic E-state index is 0.0503. The van der Waals surface area contributed by atoms with Crippen LogP contribution in [0.3, 0.4) is 0 Å². The van der Waals surface area contributed by atoms with E-state index in [9.17, 15) is 5.11 Å². The van der Waals surface area contributed by atoms with Crippen LogP contribution in [0.2, 0.25) is 0 Å². The third-order valence-electron chi connectivity index (χ3n) is 5.44. The zero-order valence-corrected chi connectivity index (χ0v) is 20.0. The molecule has 3 aromatic carbocycles. The Morgan fingerprint density at radius 1 is 0.794 bits per heavy atom. The van der Waals surface area contributed by atoms with Crippen LogP contribution in [0.5, 0.6) is 5.75 Å². The first-order chi connectivity index (χ1) is 16.5. The second-order valence-electron chi connectivity index (χ2n) is 7.64. The van der Waals surface area contributed by atoms with Crippen molar-refractivity contribution in [3.8, 4) is 5.75 Å². The van der Waals surface area contributed by atoms with Crippen LogP contribution in [0.15, 0.2) is 75.3 Å². The Kier molecular flexibility index (Phi) is 5.72. The third kappa shape index (κ3) is 4.11. The van der Waals surface area contributed by atoms with Gasteiger partial charge in [-0.15, -0.1) is 0 Å². The first kappa shape index (κ1) is 21.7. The van der Waals surface area contributed by atoms with Gasteiger partial charge in [-0.2, -0.15) is 10.2 Å². The lowest BCUT2D eigenvalue weighted by Gasteiger charge is -2.06. The SMILES string of the molecule is Cn1c(NN=Cc2cc(Br)cc(C=NNc3nc4ccccc4n3C)c2O)nc2ccccc21. The predicted octanol–water partition coefficient (Wildman–Crippen LogP) is 4.82. The number of phenolic OH excluding ortho intramolecular Hbond substituents is 1. The number of nitrogens with zero attached hydrogens (tertiary/aromatic N) is 6. The fourth-order valence-corrected chi connectivity index (χ4v) is 4.14. The van der Waals surface area contributed by atoms with Gasteiger partial charge in [0.2, 0.25) is 11.9 Å². The number of nitrogens with one attached hydrogen (secondary N) is 2. The Bertz CT molecular complexity index is 1450. The fraction of sp³-hybridized carbons (Fsp3) is 0.0833. The Morgan fingerprint density at radius 2 is 1.24 bits per heavy atom. The molecular formula is C24H21BrN8O. The molecule has 170 valence electrons. The number of anilines is 2. The maximum Gasteiger partial charge on any atom is 0.224 e. The van der Waals surface area contributed by atoms with E-state index in [1.807, 2.05) is 71.8 Å². The topological polar surface area (TPSA) is 105 Å². The highest BCUT2D eigenvalue weighted by Gasteiger charge is 2.09. The number of halogens is 1. The standard InChI is InChI=1S/C24H21BrN8O/c1-32-20-9-5-3-7-18(20)28-23(32)30-26-13-15-11-17(25)12-16(22(15)34)14-27-31-24-29-19-8-4-6-10-21(19)33(24)2/h3-14,34H,1-2H3,(H,28,30)(H,29,31). The highest BCUT2D eigenvalue weighted by atomic mass is 79.9. The van der Waals surface area contributed by atoms with Gasteiger partial charge in [-0.25, -0.2) is 20.8 Å². The summed E-state index contributed by atoms with van der Waals surface area (Å²) in [5.41, 5.74) is 10.7. The molecule has 3 N–H and O–H groups in total. The van der Waals surface area contributed by atoms with Crippen LogP contribution in [0.25, 0.3) is 22.1 Å². The van der Waals surface area contributed by atoms with Crippen LogP contribution in [-0.2, 0) is 14.1 Å². The first-order valence-corrected chi connectivity index (χ1v) is 11.2. The van der Waals surface area contributed by atoms with Gasteiger partial charge in [-0.1, -0.05) is 40.2 Å². The van der Waals surface area contributed by atoms with Gasteiger partial charge in [0.25, 0.3) is 0 Å². The molecule has 0 radical (unpaired) electrons. The van der Waals surface area contributed by atoms with Crippen LogP contribution in [0, 0.1) is 0 Å². The average molecular weight is 517 g/mol. The maximum atomic E-state index is 10.7. The molecule has 34 heavy (non-hydrogen) atoms. The highest BCUT2D eigenvalue weighted by Crippen LogP contribution is 2.26. The van der Waals surface area contributed by atoms with Crippen LogP contribution in [0.4, 0.5) is 11.9 Å². The second kappa shape index (κ2) is 8.99. The van der Waals surface area contributed by atoms with Gasteiger partial charge in [-0.3, -0.25) is 0 Å². The second-order valence-corrected chi connectivity index (χ2v) is 8.55. The van der Waals surface area contributed by atoms with E-state index in [2.05, 4.69) is 47.0 Å². The molecule has 5 aromatic rings. The van der Waals surface area contributed by atoms with E-state index in [-0.39, 0.29) is 5.75 Å². The molecule has 0 aliphatic carbocycles. The van der Waals surface area contributed by atoms with Gasteiger partial charge < -0.3 is 14.2 Å². The Morgan fingerprint density at radius 3 is 1.68 bits per heavy atom. The smallest absolute Gasteiger partial charge is 0.224 e. The quantitative estimate of drug-likeness (QED) is 0.221. The van der Waals surface area contributed by atoms with Gasteiger partial charge in [0, 0.05) is 29.7 Å². The predicted molar refractivity (Wildman–Crippen MR) is 140 cm³/mol. The van der Waals surface area contributed by atoms with Crippen LogP contribution < -0.4 is 10.9 Å². The van der Waals surface area contributed by atoms with E-state index in [1.54, 1.807) is 12.1 Å². The Balaban J connectivity index is 1.34. The van der Waals surface area contributed by atoms with Crippen molar-refractivity contribution in [3.05, 3.63) is 76.3 Å². The largest absolute Gasteiger partial charge is 0.507 e. The number of para-hydroxylation sites is 4. The number of aromatic nitrogens is 4. The maximum absolute atomic E-state index is 10.7. The summed E-state index contributed by atoms with van der Waals surface area (Å²) in [6.45, 7) is 0. The fourth-order valence-electron chi connectivity index (χ4n) is 3.65. The zero-order valence-electron chi connectivity index (χ0n) is 18.4. The van der Waals surface area contributed by atoms with Gasteiger partial charge >= 0.3 is 0 Å². The van der Waals surface area contributed by atoms with Gasteiger partial charge in [0.05, 0.1) is 34.5 Å². The Hall–Kier alpha value is -4.18. The molecule has 0 fully saturated rings. The normalized spacial score (nSPS) is 11.9. The number of aryl methyl sites for hydroxylation is 2. The van der Waals surface area contributed by atoms with Crippen LogP contribution in [-0.4, -0.2) is 36.6 Å². The number of rotatable bonds is 6. The van der Waals surface area contributed by atoms with Crippen molar-refractivity contribution in [2.75, 3.05) is 10.9 Å². The highest BCUT2D eigenvalue weighted by molar-refractivity contribution is 9.10. The number of hydrazone groups is 2. The van der Waals surface area contributed by atoms with E-state index >= 15 is 0 Å². The number of hydrogen-bond donors (Lipinski definition) is 3. The number of phenols is 1. The molecule has 10 heteroatoms. The lowest BCUT2D eigenvalue weighted by atomic mass is 10.1. The summed E-state index contributed by atoms with van der Waals surface area (Å²) in [5, 5.41) is 19.3. The summed E-state index contributed by atoms with van der Waals surface area (Å²) < 4.78 is 4.61.